The van der Waals surface area contributed by atoms with Crippen molar-refractivity contribution in [1.29, 1.82) is 0 Å². The van der Waals surface area contributed by atoms with Crippen LogP contribution in [0.1, 0.15) is 38.2 Å². The number of aromatic nitrogens is 2. The highest BCUT2D eigenvalue weighted by Crippen LogP contribution is 2.32. The average Bonchev–Trinajstić information content (AvgIpc) is 3.73. The van der Waals surface area contributed by atoms with Crippen LogP contribution in [-0.2, 0) is 16.1 Å². The van der Waals surface area contributed by atoms with Gasteiger partial charge in [-0.3, -0.25) is 24.1 Å². The third-order valence-electron chi connectivity index (χ3n) is 6.28. The van der Waals surface area contributed by atoms with Crippen LogP contribution in [0.4, 0.5) is 5.69 Å². The maximum absolute atomic E-state index is 13.8. The van der Waals surface area contributed by atoms with Gasteiger partial charge in [0.25, 0.3) is 17.7 Å². The van der Waals surface area contributed by atoms with Crippen LogP contribution in [0.3, 0.4) is 0 Å². The number of anilines is 1. The molecule has 0 saturated heterocycles. The number of rotatable bonds is 10. The van der Waals surface area contributed by atoms with Crippen molar-refractivity contribution in [1.82, 2.24) is 19.4 Å². The van der Waals surface area contributed by atoms with Crippen molar-refractivity contribution < 1.29 is 33.1 Å². The van der Waals surface area contributed by atoms with Crippen LogP contribution < -0.4 is 14.8 Å². The fourth-order valence-corrected chi connectivity index (χ4v) is 4.80. The molecule has 1 N–H and O–H groups in total. The molecule has 0 bridgehead atoms. The lowest BCUT2D eigenvalue weighted by Gasteiger charge is -2.30. The number of furan rings is 1. The number of fused-ring (bicyclic) bond motifs is 1. The zero-order valence-corrected chi connectivity index (χ0v) is 22.2. The van der Waals surface area contributed by atoms with Gasteiger partial charge in [-0.05, 0) is 47.9 Å². The van der Waals surface area contributed by atoms with Gasteiger partial charge in [0, 0.05) is 11.4 Å². The van der Waals surface area contributed by atoms with Gasteiger partial charge < -0.3 is 24.1 Å². The topological polar surface area (TPSA) is 144 Å². The molecule has 0 saturated carbocycles. The minimum atomic E-state index is -1.29. The van der Waals surface area contributed by atoms with E-state index in [1.807, 2.05) is 0 Å². The fraction of sp³-hybridized carbons (Fsp3) is 0.185. The number of methoxy groups -OCH3 is 2. The molecule has 2 aromatic carbocycles. The normalized spacial score (nSPS) is 13.1. The second-order valence-electron chi connectivity index (χ2n) is 8.63. The summed E-state index contributed by atoms with van der Waals surface area (Å²) in [5.41, 5.74) is 0.939. The van der Waals surface area contributed by atoms with E-state index in [2.05, 4.69) is 14.9 Å². The Labute approximate surface area is 232 Å². The summed E-state index contributed by atoms with van der Waals surface area (Å²) in [6, 6.07) is 13.2. The monoisotopic (exact) mass is 561 g/mol. The molecule has 0 radical (unpaired) electrons. The molecule has 3 heterocycles. The van der Waals surface area contributed by atoms with Crippen LogP contribution in [0.25, 0.3) is 0 Å². The second-order valence-corrected chi connectivity index (χ2v) is 9.24. The Morgan fingerprint density at radius 3 is 2.40 bits per heavy atom. The SMILES string of the molecule is COc1ccc(NC(=O)[C@@H](c2csnn2)N(Cc2ccco2)C(=O)CN2C(=O)c3ccccc3C2=O)c(OC)c1. The molecule has 4 amide bonds. The fourth-order valence-electron chi connectivity index (χ4n) is 4.33. The first-order valence-electron chi connectivity index (χ1n) is 12.0. The number of imide groups is 1. The van der Waals surface area contributed by atoms with Gasteiger partial charge in [-0.2, -0.15) is 0 Å². The van der Waals surface area contributed by atoms with Crippen molar-refractivity contribution in [2.24, 2.45) is 0 Å². The van der Waals surface area contributed by atoms with Gasteiger partial charge >= 0.3 is 0 Å². The number of nitrogens with one attached hydrogen (secondary N) is 1. The molecule has 4 aromatic rings. The summed E-state index contributed by atoms with van der Waals surface area (Å²) in [5, 5.41) is 8.39. The van der Waals surface area contributed by atoms with E-state index in [-0.39, 0.29) is 23.4 Å². The lowest BCUT2D eigenvalue weighted by atomic mass is 10.1. The Balaban J connectivity index is 1.48. The average molecular weight is 562 g/mol. The summed E-state index contributed by atoms with van der Waals surface area (Å²) in [5.74, 6) is -1.27. The van der Waals surface area contributed by atoms with Crippen molar-refractivity contribution in [3.05, 3.63) is 88.8 Å². The van der Waals surface area contributed by atoms with Crippen molar-refractivity contribution in [2.45, 2.75) is 12.6 Å². The first-order valence-corrected chi connectivity index (χ1v) is 12.8. The van der Waals surface area contributed by atoms with Gasteiger partial charge in [0.05, 0.1) is 43.8 Å². The smallest absolute Gasteiger partial charge is 0.262 e. The van der Waals surface area contributed by atoms with Gasteiger partial charge in [-0.1, -0.05) is 16.6 Å². The Morgan fingerprint density at radius 2 is 1.80 bits per heavy atom. The highest BCUT2D eigenvalue weighted by atomic mass is 32.1. The van der Waals surface area contributed by atoms with Crippen molar-refractivity contribution in [3.63, 3.8) is 0 Å². The van der Waals surface area contributed by atoms with Crippen LogP contribution in [-0.4, -0.2) is 63.8 Å². The molecule has 40 heavy (non-hydrogen) atoms. The van der Waals surface area contributed by atoms with Gasteiger partial charge in [0.2, 0.25) is 5.91 Å². The molecule has 0 aliphatic carbocycles. The predicted molar refractivity (Wildman–Crippen MR) is 142 cm³/mol. The summed E-state index contributed by atoms with van der Waals surface area (Å²) < 4.78 is 20.0. The lowest BCUT2D eigenvalue weighted by molar-refractivity contribution is -0.140. The molecule has 0 spiro atoms. The number of ether oxygens (including phenoxy) is 2. The first kappa shape index (κ1) is 26.6. The van der Waals surface area contributed by atoms with Crippen molar-refractivity contribution in [2.75, 3.05) is 26.1 Å². The molecule has 2 aromatic heterocycles. The van der Waals surface area contributed by atoms with Gasteiger partial charge in [0.15, 0.2) is 6.04 Å². The molecule has 1 aliphatic heterocycles. The number of hydrogen-bond acceptors (Lipinski definition) is 10. The Bertz CT molecular complexity index is 1520. The van der Waals surface area contributed by atoms with Crippen molar-refractivity contribution >= 4 is 40.8 Å². The summed E-state index contributed by atoms with van der Waals surface area (Å²) in [6.07, 6.45) is 1.43. The van der Waals surface area contributed by atoms with Crippen LogP contribution in [0, 0.1) is 0 Å². The second kappa shape index (κ2) is 11.4. The number of amides is 4. The third kappa shape index (κ3) is 5.14. The van der Waals surface area contributed by atoms with E-state index < -0.39 is 36.2 Å². The van der Waals surface area contributed by atoms with Gasteiger partial charge in [0.1, 0.15) is 29.5 Å². The molecule has 5 rings (SSSR count). The van der Waals surface area contributed by atoms with E-state index in [4.69, 9.17) is 13.9 Å². The maximum atomic E-state index is 13.8. The molecule has 1 aliphatic rings. The van der Waals surface area contributed by atoms with E-state index in [0.29, 0.717) is 22.9 Å². The number of benzene rings is 2. The van der Waals surface area contributed by atoms with Crippen LogP contribution in [0.2, 0.25) is 0 Å². The van der Waals surface area contributed by atoms with Crippen LogP contribution in [0.15, 0.2) is 70.7 Å². The highest BCUT2D eigenvalue weighted by molar-refractivity contribution is 7.03. The predicted octanol–water partition coefficient (Wildman–Crippen LogP) is 3.15. The molecule has 0 unspecified atom stereocenters. The highest BCUT2D eigenvalue weighted by Gasteiger charge is 2.40. The van der Waals surface area contributed by atoms with Crippen molar-refractivity contribution in [3.8, 4) is 11.5 Å². The summed E-state index contributed by atoms with van der Waals surface area (Å²) in [7, 11) is 2.95. The molecular formula is C27H23N5O7S. The number of hydrogen-bond donors (Lipinski definition) is 1. The zero-order valence-electron chi connectivity index (χ0n) is 21.4. The number of nitrogens with zero attached hydrogens (tertiary/aromatic N) is 4. The van der Waals surface area contributed by atoms with Gasteiger partial charge in [-0.25, -0.2) is 0 Å². The molecule has 204 valence electrons. The summed E-state index contributed by atoms with van der Waals surface area (Å²) in [6.45, 7) is -0.745. The summed E-state index contributed by atoms with van der Waals surface area (Å²) >= 11 is 1.00. The van der Waals surface area contributed by atoms with E-state index in [1.54, 1.807) is 47.8 Å². The van der Waals surface area contributed by atoms with E-state index in [0.717, 1.165) is 16.4 Å². The van der Waals surface area contributed by atoms with E-state index in [1.165, 1.54) is 37.5 Å². The molecule has 13 heteroatoms. The first-order chi connectivity index (χ1) is 19.4. The third-order valence-corrected chi connectivity index (χ3v) is 6.80. The minimum absolute atomic E-state index is 0.148. The number of carbonyl (C=O) groups excluding carboxylic acids is 4. The van der Waals surface area contributed by atoms with Crippen LogP contribution >= 0.6 is 11.5 Å². The molecule has 1 atom stereocenters. The quantitative estimate of drug-likeness (QED) is 0.289. The Hall–Kier alpha value is -5.04. The zero-order chi connectivity index (χ0) is 28.2. The maximum Gasteiger partial charge on any atom is 0.262 e. The largest absolute Gasteiger partial charge is 0.497 e. The molecular weight excluding hydrogens is 538 g/mol. The van der Waals surface area contributed by atoms with E-state index >= 15 is 0 Å². The Kier molecular flexibility index (Phi) is 7.55. The standard InChI is InChI=1S/C27H23N5O7S/c1-37-16-9-10-20(22(12-16)38-2)28-25(34)24(21-15-40-30-29-21)31(13-17-6-5-11-39-17)23(33)14-32-26(35)18-7-3-4-8-19(18)27(32)36/h3-12,15,24H,13-14H2,1-2H3,(H,28,34)/t24-/m1/s1. The van der Waals surface area contributed by atoms with Crippen LogP contribution in [0.5, 0.6) is 11.5 Å². The lowest BCUT2D eigenvalue weighted by Crippen LogP contribution is -2.47. The molecule has 0 fully saturated rings. The molecule has 12 nitrogen and oxygen atoms in total. The summed E-state index contributed by atoms with van der Waals surface area (Å²) in [4.78, 5) is 55.7. The number of carbonyl (C=O) groups is 4. The van der Waals surface area contributed by atoms with E-state index in [9.17, 15) is 19.2 Å². The Morgan fingerprint density at radius 1 is 1.05 bits per heavy atom. The minimum Gasteiger partial charge on any atom is -0.497 e. The van der Waals surface area contributed by atoms with Gasteiger partial charge in [-0.15, -0.1) is 5.10 Å².